The number of nitrogens with zero attached hydrogens (tertiary/aromatic N) is 5. The van der Waals surface area contributed by atoms with Gasteiger partial charge in [0.05, 0.1) is 13.6 Å². The van der Waals surface area contributed by atoms with Crippen LogP contribution in [0.2, 0.25) is 0 Å². The molecule has 15 heavy (non-hydrogen) atoms. The van der Waals surface area contributed by atoms with Crippen molar-refractivity contribution in [1.82, 2.24) is 30.4 Å². The average molecular weight is 210 g/mol. The van der Waals surface area contributed by atoms with E-state index in [1.807, 2.05) is 7.05 Å². The fourth-order valence-electron chi connectivity index (χ4n) is 2.14. The lowest BCUT2D eigenvalue weighted by Gasteiger charge is -2.22. The van der Waals surface area contributed by atoms with Crippen molar-refractivity contribution in [3.8, 4) is 0 Å². The van der Waals surface area contributed by atoms with Crippen molar-refractivity contribution in [2.75, 3.05) is 20.1 Å². The normalized spacial score (nSPS) is 22.4. The Morgan fingerprint density at radius 2 is 2.40 bits per heavy atom. The molecule has 84 valence electrons. The Balaban J connectivity index is 1.93. The molecule has 0 saturated carbocycles. The van der Waals surface area contributed by atoms with Gasteiger partial charge in [-0.25, -0.2) is 0 Å². The molecule has 0 amide bonds. The van der Waals surface area contributed by atoms with Crippen LogP contribution >= 0.6 is 0 Å². The zero-order valence-corrected chi connectivity index (χ0v) is 9.35. The lowest BCUT2D eigenvalue weighted by Crippen LogP contribution is -2.36. The van der Waals surface area contributed by atoms with Crippen molar-refractivity contribution in [3.05, 3.63) is 5.82 Å². The van der Waals surface area contributed by atoms with E-state index in [4.69, 9.17) is 0 Å². The Morgan fingerprint density at radius 1 is 1.53 bits per heavy atom. The first-order chi connectivity index (χ1) is 7.29. The SMILES string of the molecule is CNCC1CCCN1Cc1nnn(C)n1. The predicted molar refractivity (Wildman–Crippen MR) is 56.2 cm³/mol. The van der Waals surface area contributed by atoms with Gasteiger partial charge in [-0.2, -0.15) is 4.80 Å². The van der Waals surface area contributed by atoms with Gasteiger partial charge in [-0.3, -0.25) is 4.90 Å². The van der Waals surface area contributed by atoms with Crippen molar-refractivity contribution in [3.63, 3.8) is 0 Å². The number of hydrogen-bond donors (Lipinski definition) is 1. The number of likely N-dealkylation sites (tertiary alicyclic amines) is 1. The van der Waals surface area contributed by atoms with Crippen LogP contribution in [0, 0.1) is 0 Å². The minimum Gasteiger partial charge on any atom is -0.318 e. The van der Waals surface area contributed by atoms with Gasteiger partial charge in [0.2, 0.25) is 0 Å². The van der Waals surface area contributed by atoms with Crippen LogP contribution in [0.3, 0.4) is 0 Å². The van der Waals surface area contributed by atoms with Gasteiger partial charge in [0.15, 0.2) is 5.82 Å². The first kappa shape index (κ1) is 10.5. The van der Waals surface area contributed by atoms with E-state index >= 15 is 0 Å². The third-order valence-corrected chi connectivity index (χ3v) is 2.83. The van der Waals surface area contributed by atoms with Gasteiger partial charge in [0.1, 0.15) is 0 Å². The first-order valence-electron chi connectivity index (χ1n) is 5.41. The molecule has 0 spiro atoms. The molecule has 1 aromatic rings. The molecule has 1 aliphatic heterocycles. The van der Waals surface area contributed by atoms with Crippen LogP contribution in [-0.2, 0) is 13.6 Å². The van der Waals surface area contributed by atoms with Gasteiger partial charge in [-0.05, 0) is 31.6 Å². The second-order valence-electron chi connectivity index (χ2n) is 4.02. The highest BCUT2D eigenvalue weighted by molar-refractivity contribution is 4.85. The molecule has 1 atom stereocenters. The molecule has 2 heterocycles. The standard InChI is InChI=1S/C9H18N6/c1-10-6-8-4-3-5-15(8)7-9-11-13-14(2)12-9/h8,10H,3-7H2,1-2H3. The summed E-state index contributed by atoms with van der Waals surface area (Å²) < 4.78 is 0. The molecule has 1 saturated heterocycles. The maximum absolute atomic E-state index is 4.20. The molecule has 1 aliphatic rings. The molecule has 1 aromatic heterocycles. The Bertz CT molecular complexity index is 309. The van der Waals surface area contributed by atoms with E-state index in [0.717, 1.165) is 25.5 Å². The number of aryl methyl sites for hydroxylation is 1. The van der Waals surface area contributed by atoms with Crippen LogP contribution in [0.15, 0.2) is 0 Å². The summed E-state index contributed by atoms with van der Waals surface area (Å²) in [5.74, 6) is 0.820. The number of likely N-dealkylation sites (N-methyl/N-ethyl adjacent to an activating group) is 1. The van der Waals surface area contributed by atoms with Crippen molar-refractivity contribution in [1.29, 1.82) is 0 Å². The molecular formula is C9H18N6. The number of hydrogen-bond acceptors (Lipinski definition) is 5. The minimum absolute atomic E-state index is 0.624. The molecule has 6 nitrogen and oxygen atoms in total. The highest BCUT2D eigenvalue weighted by atomic mass is 15.6. The lowest BCUT2D eigenvalue weighted by molar-refractivity contribution is 0.236. The zero-order chi connectivity index (χ0) is 10.7. The molecule has 2 rings (SSSR count). The minimum atomic E-state index is 0.624. The quantitative estimate of drug-likeness (QED) is 0.718. The summed E-state index contributed by atoms with van der Waals surface area (Å²) in [5, 5.41) is 15.3. The van der Waals surface area contributed by atoms with Crippen LogP contribution in [0.25, 0.3) is 0 Å². The Kier molecular flexibility index (Phi) is 3.27. The van der Waals surface area contributed by atoms with E-state index < -0.39 is 0 Å². The van der Waals surface area contributed by atoms with Crippen LogP contribution in [0.1, 0.15) is 18.7 Å². The zero-order valence-electron chi connectivity index (χ0n) is 9.35. The summed E-state index contributed by atoms with van der Waals surface area (Å²) in [6.45, 7) is 3.01. The van der Waals surface area contributed by atoms with Crippen molar-refractivity contribution >= 4 is 0 Å². The monoisotopic (exact) mass is 210 g/mol. The summed E-state index contributed by atoms with van der Waals surface area (Å²) in [5.41, 5.74) is 0. The van der Waals surface area contributed by atoms with Crippen LogP contribution in [-0.4, -0.2) is 51.3 Å². The smallest absolute Gasteiger partial charge is 0.188 e. The molecule has 1 fully saturated rings. The highest BCUT2D eigenvalue weighted by Crippen LogP contribution is 2.17. The van der Waals surface area contributed by atoms with Crippen molar-refractivity contribution in [2.24, 2.45) is 7.05 Å². The average Bonchev–Trinajstić information content (AvgIpc) is 2.78. The summed E-state index contributed by atoms with van der Waals surface area (Å²) in [7, 11) is 3.79. The van der Waals surface area contributed by atoms with Crippen LogP contribution < -0.4 is 5.32 Å². The number of tetrazole rings is 1. The largest absolute Gasteiger partial charge is 0.318 e. The molecule has 1 N–H and O–H groups in total. The van der Waals surface area contributed by atoms with Crippen molar-refractivity contribution in [2.45, 2.75) is 25.4 Å². The Morgan fingerprint density at radius 3 is 3.07 bits per heavy atom. The molecule has 0 aliphatic carbocycles. The van der Waals surface area contributed by atoms with Gasteiger partial charge < -0.3 is 5.32 Å². The fraction of sp³-hybridized carbons (Fsp3) is 0.889. The van der Waals surface area contributed by atoms with E-state index in [1.54, 1.807) is 7.05 Å². The van der Waals surface area contributed by atoms with Gasteiger partial charge >= 0.3 is 0 Å². The molecular weight excluding hydrogens is 192 g/mol. The summed E-state index contributed by atoms with van der Waals surface area (Å²) in [4.78, 5) is 3.94. The van der Waals surface area contributed by atoms with Crippen LogP contribution in [0.5, 0.6) is 0 Å². The molecule has 0 bridgehead atoms. The van der Waals surface area contributed by atoms with E-state index in [1.165, 1.54) is 17.6 Å². The topological polar surface area (TPSA) is 58.9 Å². The second kappa shape index (κ2) is 4.67. The van der Waals surface area contributed by atoms with Crippen LogP contribution in [0.4, 0.5) is 0 Å². The Hall–Kier alpha value is -1.01. The molecule has 0 radical (unpaired) electrons. The van der Waals surface area contributed by atoms with Gasteiger partial charge in [0, 0.05) is 12.6 Å². The van der Waals surface area contributed by atoms with Gasteiger partial charge in [-0.1, -0.05) is 0 Å². The lowest BCUT2D eigenvalue weighted by atomic mass is 10.2. The first-order valence-corrected chi connectivity index (χ1v) is 5.41. The second-order valence-corrected chi connectivity index (χ2v) is 4.02. The van der Waals surface area contributed by atoms with E-state index in [9.17, 15) is 0 Å². The summed E-state index contributed by atoms with van der Waals surface area (Å²) in [6.07, 6.45) is 2.54. The predicted octanol–water partition coefficient (Wildman–Crippen LogP) is -0.606. The summed E-state index contributed by atoms with van der Waals surface area (Å²) in [6, 6.07) is 0.624. The van der Waals surface area contributed by atoms with Gasteiger partial charge in [0.25, 0.3) is 0 Å². The number of aromatic nitrogens is 4. The molecule has 6 heteroatoms. The van der Waals surface area contributed by atoms with Gasteiger partial charge in [-0.15, -0.1) is 10.2 Å². The Labute approximate surface area is 89.6 Å². The maximum Gasteiger partial charge on any atom is 0.188 e. The van der Waals surface area contributed by atoms with E-state index in [2.05, 4.69) is 25.6 Å². The fourth-order valence-corrected chi connectivity index (χ4v) is 2.14. The molecule has 0 aromatic carbocycles. The number of nitrogens with one attached hydrogen (secondary N) is 1. The molecule has 1 unspecified atom stereocenters. The maximum atomic E-state index is 4.20. The highest BCUT2D eigenvalue weighted by Gasteiger charge is 2.24. The van der Waals surface area contributed by atoms with E-state index in [0.29, 0.717) is 6.04 Å². The van der Waals surface area contributed by atoms with Crippen molar-refractivity contribution < 1.29 is 0 Å². The van der Waals surface area contributed by atoms with E-state index in [-0.39, 0.29) is 0 Å². The number of rotatable bonds is 4. The summed E-state index contributed by atoms with van der Waals surface area (Å²) >= 11 is 0. The third-order valence-electron chi connectivity index (χ3n) is 2.83. The third kappa shape index (κ3) is 2.51.